The highest BCUT2D eigenvalue weighted by Crippen LogP contribution is 2.23. The standard InChI is InChI=1S/C19H20N4O3/c1-19(12-25-2,15-8-4-3-5-9-15)22-18(24)21-16-10-6-7-14(11-16)17-23-20-13-26-17/h3-11,13H,12H2,1-2H3,(H2,21,22,24)/t19-/m1/s1. The van der Waals surface area contributed by atoms with E-state index in [1.54, 1.807) is 25.3 Å². The third-order valence-corrected chi connectivity index (χ3v) is 3.96. The molecule has 0 saturated carbocycles. The summed E-state index contributed by atoms with van der Waals surface area (Å²) in [7, 11) is 1.61. The van der Waals surface area contributed by atoms with Crippen LogP contribution >= 0.6 is 0 Å². The summed E-state index contributed by atoms with van der Waals surface area (Å²) in [6.07, 6.45) is 1.26. The maximum atomic E-state index is 12.5. The molecule has 1 aromatic heterocycles. The molecular weight excluding hydrogens is 332 g/mol. The van der Waals surface area contributed by atoms with Gasteiger partial charge >= 0.3 is 6.03 Å². The predicted octanol–water partition coefficient (Wildman–Crippen LogP) is 3.42. The largest absolute Gasteiger partial charge is 0.423 e. The molecule has 2 amide bonds. The highest BCUT2D eigenvalue weighted by molar-refractivity contribution is 5.90. The van der Waals surface area contributed by atoms with Crippen molar-refractivity contribution in [1.82, 2.24) is 15.5 Å². The van der Waals surface area contributed by atoms with Gasteiger partial charge in [0.1, 0.15) is 0 Å². The van der Waals surface area contributed by atoms with Crippen LogP contribution in [0.4, 0.5) is 10.5 Å². The van der Waals surface area contributed by atoms with Gasteiger partial charge in [-0.25, -0.2) is 4.79 Å². The van der Waals surface area contributed by atoms with E-state index in [0.29, 0.717) is 18.2 Å². The first-order valence-corrected chi connectivity index (χ1v) is 8.11. The topological polar surface area (TPSA) is 89.3 Å². The first-order valence-electron chi connectivity index (χ1n) is 8.11. The number of amides is 2. The molecule has 134 valence electrons. The average molecular weight is 352 g/mol. The van der Waals surface area contributed by atoms with Crippen LogP contribution in [0.3, 0.4) is 0 Å². The van der Waals surface area contributed by atoms with Crippen molar-refractivity contribution >= 4 is 11.7 Å². The smallest absolute Gasteiger partial charge is 0.320 e. The van der Waals surface area contributed by atoms with Crippen LogP contribution in [0.15, 0.2) is 65.4 Å². The number of hydrogen-bond donors (Lipinski definition) is 2. The SMILES string of the molecule is COC[C@@](C)(NC(=O)Nc1cccc(-c2nnco2)c1)c1ccccc1. The molecule has 3 aromatic rings. The molecule has 26 heavy (non-hydrogen) atoms. The maximum absolute atomic E-state index is 12.5. The van der Waals surface area contributed by atoms with E-state index < -0.39 is 5.54 Å². The van der Waals surface area contributed by atoms with Gasteiger partial charge < -0.3 is 19.8 Å². The summed E-state index contributed by atoms with van der Waals surface area (Å²) >= 11 is 0. The second kappa shape index (κ2) is 7.79. The van der Waals surface area contributed by atoms with Gasteiger partial charge in [-0.15, -0.1) is 10.2 Å². The number of ether oxygens (including phenoxy) is 1. The van der Waals surface area contributed by atoms with Crippen molar-refractivity contribution in [1.29, 1.82) is 0 Å². The third kappa shape index (κ3) is 4.07. The van der Waals surface area contributed by atoms with Crippen LogP contribution in [0.25, 0.3) is 11.5 Å². The van der Waals surface area contributed by atoms with Crippen molar-refractivity contribution in [3.05, 3.63) is 66.6 Å². The molecule has 0 aliphatic heterocycles. The van der Waals surface area contributed by atoms with Crippen LogP contribution in [-0.2, 0) is 10.3 Å². The van der Waals surface area contributed by atoms with Crippen molar-refractivity contribution < 1.29 is 13.9 Å². The number of benzene rings is 2. The molecule has 2 N–H and O–H groups in total. The van der Waals surface area contributed by atoms with Crippen LogP contribution in [0, 0.1) is 0 Å². The molecule has 2 aromatic carbocycles. The number of nitrogens with zero attached hydrogens (tertiary/aromatic N) is 2. The quantitative estimate of drug-likeness (QED) is 0.709. The lowest BCUT2D eigenvalue weighted by molar-refractivity contribution is 0.123. The fourth-order valence-electron chi connectivity index (χ4n) is 2.73. The van der Waals surface area contributed by atoms with Crippen LogP contribution < -0.4 is 10.6 Å². The van der Waals surface area contributed by atoms with E-state index in [-0.39, 0.29) is 6.03 Å². The summed E-state index contributed by atoms with van der Waals surface area (Å²) in [6.45, 7) is 2.26. The number of aromatic nitrogens is 2. The van der Waals surface area contributed by atoms with E-state index >= 15 is 0 Å². The van der Waals surface area contributed by atoms with Crippen molar-refractivity contribution in [3.63, 3.8) is 0 Å². The molecule has 0 radical (unpaired) electrons. The van der Waals surface area contributed by atoms with Gasteiger partial charge in [0.25, 0.3) is 0 Å². The van der Waals surface area contributed by atoms with E-state index in [4.69, 9.17) is 9.15 Å². The minimum absolute atomic E-state index is 0.337. The van der Waals surface area contributed by atoms with Crippen molar-refractivity contribution in [2.45, 2.75) is 12.5 Å². The van der Waals surface area contributed by atoms with Gasteiger partial charge in [0, 0.05) is 18.4 Å². The number of anilines is 1. The molecule has 1 heterocycles. The monoisotopic (exact) mass is 352 g/mol. The Kier molecular flexibility index (Phi) is 5.28. The van der Waals surface area contributed by atoms with Gasteiger partial charge in [0.15, 0.2) is 0 Å². The third-order valence-electron chi connectivity index (χ3n) is 3.96. The Morgan fingerprint density at radius 1 is 1.19 bits per heavy atom. The summed E-state index contributed by atoms with van der Waals surface area (Å²) in [5.74, 6) is 0.391. The number of rotatable bonds is 6. The molecule has 0 spiro atoms. The minimum atomic E-state index is -0.663. The number of methoxy groups -OCH3 is 1. The van der Waals surface area contributed by atoms with Crippen LogP contribution in [0.2, 0.25) is 0 Å². The summed E-state index contributed by atoms with van der Waals surface area (Å²) in [4.78, 5) is 12.5. The molecule has 0 saturated heterocycles. The van der Waals surface area contributed by atoms with Crippen LogP contribution in [0.1, 0.15) is 12.5 Å². The number of carbonyl (C=O) groups excluding carboxylic acids is 1. The zero-order chi connectivity index (χ0) is 18.4. The Labute approximate surface area is 151 Å². The minimum Gasteiger partial charge on any atom is -0.423 e. The zero-order valence-corrected chi connectivity index (χ0v) is 14.6. The Morgan fingerprint density at radius 2 is 2.00 bits per heavy atom. The Bertz CT molecular complexity index is 852. The van der Waals surface area contributed by atoms with E-state index in [2.05, 4.69) is 20.8 Å². The lowest BCUT2D eigenvalue weighted by Crippen LogP contribution is -2.48. The molecule has 0 unspecified atom stereocenters. The fraction of sp³-hybridized carbons (Fsp3) is 0.211. The van der Waals surface area contributed by atoms with Gasteiger partial charge in [-0.2, -0.15) is 0 Å². The van der Waals surface area contributed by atoms with E-state index in [1.165, 1.54) is 6.39 Å². The first-order chi connectivity index (χ1) is 12.6. The van der Waals surface area contributed by atoms with Gasteiger partial charge in [-0.3, -0.25) is 0 Å². The Balaban J connectivity index is 1.74. The normalized spacial score (nSPS) is 13.0. The van der Waals surface area contributed by atoms with Gasteiger partial charge in [-0.05, 0) is 30.7 Å². The van der Waals surface area contributed by atoms with E-state index in [9.17, 15) is 4.79 Å². The second-order valence-electron chi connectivity index (χ2n) is 6.03. The number of carbonyl (C=O) groups is 1. The Hall–Kier alpha value is -3.19. The lowest BCUT2D eigenvalue weighted by atomic mass is 9.93. The van der Waals surface area contributed by atoms with Gasteiger partial charge in [-0.1, -0.05) is 36.4 Å². The summed E-state index contributed by atoms with van der Waals surface area (Å²) in [5, 5.41) is 13.3. The molecule has 7 nitrogen and oxygen atoms in total. The maximum Gasteiger partial charge on any atom is 0.320 e. The first kappa shape index (κ1) is 17.6. The van der Waals surface area contributed by atoms with Crippen LogP contribution in [-0.4, -0.2) is 29.9 Å². The summed E-state index contributed by atoms with van der Waals surface area (Å²) in [5.41, 5.74) is 1.63. The molecule has 0 fully saturated rings. The molecular formula is C19H20N4O3. The fourth-order valence-corrected chi connectivity index (χ4v) is 2.73. The number of hydrogen-bond acceptors (Lipinski definition) is 5. The molecule has 1 atom stereocenters. The Morgan fingerprint density at radius 3 is 2.69 bits per heavy atom. The van der Waals surface area contributed by atoms with Crippen molar-refractivity contribution in [2.24, 2.45) is 0 Å². The van der Waals surface area contributed by atoms with Gasteiger partial charge in [0.05, 0.1) is 12.1 Å². The molecule has 0 bridgehead atoms. The second-order valence-corrected chi connectivity index (χ2v) is 6.03. The zero-order valence-electron chi connectivity index (χ0n) is 14.6. The summed E-state index contributed by atoms with van der Waals surface area (Å²) in [6, 6.07) is 16.5. The highest BCUT2D eigenvalue weighted by Gasteiger charge is 2.28. The summed E-state index contributed by atoms with van der Waals surface area (Å²) < 4.78 is 10.5. The van der Waals surface area contributed by atoms with E-state index in [0.717, 1.165) is 11.1 Å². The molecule has 0 aliphatic carbocycles. The predicted molar refractivity (Wildman–Crippen MR) is 97.6 cm³/mol. The number of urea groups is 1. The van der Waals surface area contributed by atoms with Gasteiger partial charge in [0.2, 0.25) is 12.3 Å². The molecule has 7 heteroatoms. The van der Waals surface area contributed by atoms with Crippen molar-refractivity contribution in [2.75, 3.05) is 19.0 Å². The van der Waals surface area contributed by atoms with E-state index in [1.807, 2.05) is 43.3 Å². The highest BCUT2D eigenvalue weighted by atomic mass is 16.5. The van der Waals surface area contributed by atoms with Crippen molar-refractivity contribution in [3.8, 4) is 11.5 Å². The van der Waals surface area contributed by atoms with Crippen LogP contribution in [0.5, 0.6) is 0 Å². The molecule has 0 aliphatic rings. The molecule has 3 rings (SSSR count). The average Bonchev–Trinajstić information content (AvgIpc) is 3.17. The number of nitrogens with one attached hydrogen (secondary N) is 2. The lowest BCUT2D eigenvalue weighted by Gasteiger charge is -2.30.